The van der Waals surface area contributed by atoms with E-state index < -0.39 is 0 Å². The molecule has 0 aliphatic carbocycles. The van der Waals surface area contributed by atoms with Crippen molar-refractivity contribution in [1.29, 1.82) is 0 Å². The Kier molecular flexibility index (Phi) is 1.50. The second kappa shape index (κ2) is 2.52. The molecule has 3 heteroatoms. The Hall–Kier alpha value is -1.51. The summed E-state index contributed by atoms with van der Waals surface area (Å²) in [6, 6.07) is 4.01. The maximum absolute atomic E-state index is 4.26. The lowest BCUT2D eigenvalue weighted by Crippen LogP contribution is -1.88. The summed E-state index contributed by atoms with van der Waals surface area (Å²) in [6.45, 7) is 2.01. The summed E-state index contributed by atoms with van der Waals surface area (Å²) in [6.07, 6.45) is 6.04. The Morgan fingerprint density at radius 3 is 2.42 bits per heavy atom. The maximum atomic E-state index is 4.26. The van der Waals surface area contributed by atoms with E-state index in [0.717, 1.165) is 11.4 Å². The van der Waals surface area contributed by atoms with Gasteiger partial charge in [-0.15, -0.1) is 0 Å². The molecule has 0 aliphatic rings. The van der Waals surface area contributed by atoms with Crippen molar-refractivity contribution in [3.63, 3.8) is 0 Å². The average Bonchev–Trinajstić information content (AvgIpc) is 2.58. The maximum Gasteiger partial charge on any atom is 0.0862 e. The summed E-state index contributed by atoms with van der Waals surface area (Å²) in [5.41, 5.74) is 2.19. The number of nitrogens with zero attached hydrogens (tertiary/aromatic N) is 3. The summed E-state index contributed by atoms with van der Waals surface area (Å²) in [7, 11) is 1.93. The first-order valence-corrected chi connectivity index (χ1v) is 3.91. The van der Waals surface area contributed by atoms with Crippen LogP contribution in [0.3, 0.4) is 0 Å². The summed E-state index contributed by atoms with van der Waals surface area (Å²) in [4.78, 5) is 0. The van der Waals surface area contributed by atoms with E-state index in [1.807, 2.05) is 49.4 Å². The molecule has 2 heterocycles. The van der Waals surface area contributed by atoms with E-state index in [-0.39, 0.29) is 0 Å². The lowest BCUT2D eigenvalue weighted by Gasteiger charge is -1.97. The smallest absolute Gasteiger partial charge is 0.0862 e. The van der Waals surface area contributed by atoms with Crippen molar-refractivity contribution in [2.75, 3.05) is 0 Å². The van der Waals surface area contributed by atoms with Gasteiger partial charge >= 0.3 is 0 Å². The average molecular weight is 161 g/mol. The zero-order valence-electron chi connectivity index (χ0n) is 7.23. The molecule has 0 saturated heterocycles. The van der Waals surface area contributed by atoms with Crippen LogP contribution in [0.1, 0.15) is 5.69 Å². The van der Waals surface area contributed by atoms with Gasteiger partial charge in [-0.05, 0) is 19.1 Å². The first-order valence-electron chi connectivity index (χ1n) is 3.91. The Morgan fingerprint density at radius 2 is 1.92 bits per heavy atom. The van der Waals surface area contributed by atoms with Crippen molar-refractivity contribution in [2.45, 2.75) is 6.92 Å². The number of aromatic nitrogens is 3. The van der Waals surface area contributed by atoms with Gasteiger partial charge in [0.1, 0.15) is 0 Å². The molecular weight excluding hydrogens is 150 g/mol. The lowest BCUT2D eigenvalue weighted by molar-refractivity contribution is 0.756. The minimum absolute atomic E-state index is 1.05. The van der Waals surface area contributed by atoms with Crippen molar-refractivity contribution in [2.24, 2.45) is 7.05 Å². The Morgan fingerprint density at radius 1 is 1.25 bits per heavy atom. The number of aryl methyl sites for hydroxylation is 2. The van der Waals surface area contributed by atoms with Crippen molar-refractivity contribution in [1.82, 2.24) is 14.3 Å². The van der Waals surface area contributed by atoms with Crippen LogP contribution < -0.4 is 0 Å². The number of hydrogen-bond donors (Lipinski definition) is 0. The summed E-state index contributed by atoms with van der Waals surface area (Å²) in [5.74, 6) is 0. The normalized spacial score (nSPS) is 10.5. The van der Waals surface area contributed by atoms with Crippen LogP contribution in [0.2, 0.25) is 0 Å². The molecule has 0 saturated carbocycles. The molecule has 2 aromatic rings. The van der Waals surface area contributed by atoms with Crippen molar-refractivity contribution in [3.8, 4) is 5.69 Å². The van der Waals surface area contributed by atoms with E-state index in [4.69, 9.17) is 0 Å². The monoisotopic (exact) mass is 161 g/mol. The summed E-state index contributed by atoms with van der Waals surface area (Å²) < 4.78 is 3.88. The van der Waals surface area contributed by atoms with Gasteiger partial charge in [0.05, 0.1) is 11.4 Å². The van der Waals surface area contributed by atoms with Crippen LogP contribution in [-0.4, -0.2) is 14.3 Å². The van der Waals surface area contributed by atoms with Crippen LogP contribution in [0.4, 0.5) is 0 Å². The SMILES string of the molecule is Cc1nn(C)cc1-n1cccc1. The van der Waals surface area contributed by atoms with Crippen LogP contribution in [-0.2, 0) is 7.05 Å². The van der Waals surface area contributed by atoms with Crippen LogP contribution >= 0.6 is 0 Å². The molecule has 2 rings (SSSR count). The van der Waals surface area contributed by atoms with Crippen molar-refractivity contribution >= 4 is 0 Å². The van der Waals surface area contributed by atoms with Gasteiger partial charge in [0.25, 0.3) is 0 Å². The fraction of sp³-hybridized carbons (Fsp3) is 0.222. The zero-order chi connectivity index (χ0) is 8.55. The largest absolute Gasteiger partial charge is 0.321 e. The lowest BCUT2D eigenvalue weighted by atomic mass is 10.4. The predicted octanol–water partition coefficient (Wildman–Crippen LogP) is 1.52. The Labute approximate surface area is 71.2 Å². The molecule has 0 unspecified atom stereocenters. The Bertz CT molecular complexity index is 370. The topological polar surface area (TPSA) is 22.8 Å². The summed E-state index contributed by atoms with van der Waals surface area (Å²) in [5, 5.41) is 4.26. The molecule has 0 bridgehead atoms. The highest BCUT2D eigenvalue weighted by atomic mass is 15.3. The van der Waals surface area contributed by atoms with Gasteiger partial charge in [-0.1, -0.05) is 0 Å². The predicted molar refractivity (Wildman–Crippen MR) is 47.3 cm³/mol. The molecule has 0 aliphatic heterocycles. The molecule has 0 amide bonds. The molecule has 0 fully saturated rings. The minimum Gasteiger partial charge on any atom is -0.321 e. The highest BCUT2D eigenvalue weighted by Crippen LogP contribution is 2.10. The van der Waals surface area contributed by atoms with Gasteiger partial charge in [0.15, 0.2) is 0 Å². The van der Waals surface area contributed by atoms with Crippen LogP contribution in [0, 0.1) is 6.92 Å². The van der Waals surface area contributed by atoms with E-state index in [0.29, 0.717) is 0 Å². The molecule has 0 spiro atoms. The quantitative estimate of drug-likeness (QED) is 0.621. The van der Waals surface area contributed by atoms with Gasteiger partial charge in [-0.25, -0.2) is 0 Å². The Balaban J connectivity index is 2.54. The minimum atomic E-state index is 1.05. The molecule has 0 atom stereocenters. The van der Waals surface area contributed by atoms with Crippen LogP contribution in [0.15, 0.2) is 30.7 Å². The van der Waals surface area contributed by atoms with E-state index in [2.05, 4.69) is 9.67 Å². The third-order valence-corrected chi connectivity index (χ3v) is 1.87. The fourth-order valence-corrected chi connectivity index (χ4v) is 1.34. The van der Waals surface area contributed by atoms with Gasteiger partial charge in [-0.2, -0.15) is 5.10 Å². The first-order chi connectivity index (χ1) is 5.77. The molecule has 0 radical (unpaired) electrons. The van der Waals surface area contributed by atoms with E-state index in [1.165, 1.54) is 0 Å². The summed E-state index contributed by atoms with van der Waals surface area (Å²) >= 11 is 0. The molecule has 62 valence electrons. The number of rotatable bonds is 1. The van der Waals surface area contributed by atoms with Crippen molar-refractivity contribution < 1.29 is 0 Å². The number of hydrogen-bond acceptors (Lipinski definition) is 1. The van der Waals surface area contributed by atoms with Gasteiger partial charge < -0.3 is 4.57 Å². The van der Waals surface area contributed by atoms with Gasteiger partial charge in [0.2, 0.25) is 0 Å². The van der Waals surface area contributed by atoms with Crippen molar-refractivity contribution in [3.05, 3.63) is 36.4 Å². The third kappa shape index (κ3) is 1.03. The molecule has 2 aromatic heterocycles. The van der Waals surface area contributed by atoms with Crippen LogP contribution in [0.25, 0.3) is 5.69 Å². The highest BCUT2D eigenvalue weighted by molar-refractivity contribution is 5.34. The third-order valence-electron chi connectivity index (χ3n) is 1.87. The molecule has 3 nitrogen and oxygen atoms in total. The van der Waals surface area contributed by atoms with Crippen LogP contribution in [0.5, 0.6) is 0 Å². The molecule has 0 aromatic carbocycles. The molecule has 0 N–H and O–H groups in total. The standard InChI is InChI=1S/C9H11N3/c1-8-9(7-11(2)10-8)12-5-3-4-6-12/h3-7H,1-2H3. The highest BCUT2D eigenvalue weighted by Gasteiger charge is 2.02. The zero-order valence-corrected chi connectivity index (χ0v) is 7.23. The van der Waals surface area contributed by atoms with E-state index in [1.54, 1.807) is 0 Å². The second-order valence-corrected chi connectivity index (χ2v) is 2.86. The molecule has 12 heavy (non-hydrogen) atoms. The van der Waals surface area contributed by atoms with Gasteiger partial charge in [0, 0.05) is 25.6 Å². The molecular formula is C9H11N3. The fourth-order valence-electron chi connectivity index (χ4n) is 1.34. The van der Waals surface area contributed by atoms with E-state index >= 15 is 0 Å². The van der Waals surface area contributed by atoms with Gasteiger partial charge in [-0.3, -0.25) is 4.68 Å². The second-order valence-electron chi connectivity index (χ2n) is 2.86. The van der Waals surface area contributed by atoms with E-state index in [9.17, 15) is 0 Å². The first kappa shape index (κ1) is 7.16.